The number of hydrogen-bond acceptors (Lipinski definition) is 4. The van der Waals surface area contributed by atoms with Crippen LogP contribution in [0.25, 0.3) is 0 Å². The summed E-state index contributed by atoms with van der Waals surface area (Å²) in [6.45, 7) is 1.07. The van der Waals surface area contributed by atoms with E-state index in [1.54, 1.807) is 7.11 Å². The molecule has 24 heavy (non-hydrogen) atoms. The molecule has 1 N–H and O–H groups in total. The van der Waals surface area contributed by atoms with Crippen molar-refractivity contribution >= 4 is 11.6 Å². The lowest BCUT2D eigenvalue weighted by atomic mass is 9.94. The van der Waals surface area contributed by atoms with Gasteiger partial charge in [-0.25, -0.2) is 0 Å². The number of anilines is 1. The molecule has 0 spiro atoms. The predicted molar refractivity (Wildman–Crippen MR) is 90.0 cm³/mol. The Bertz CT molecular complexity index is 783. The normalized spacial score (nSPS) is 17.0. The molecule has 2 aliphatic rings. The number of amides is 1. The molecular formula is C19H19NO4. The topological polar surface area (TPSA) is 56.8 Å². The molecular weight excluding hydrogens is 306 g/mol. The van der Waals surface area contributed by atoms with Crippen LogP contribution in [-0.2, 0) is 10.2 Å². The number of hydrogen-bond donors (Lipinski definition) is 1. The third kappa shape index (κ3) is 2.46. The van der Waals surface area contributed by atoms with Gasteiger partial charge in [0, 0.05) is 17.3 Å². The molecule has 1 aliphatic heterocycles. The molecule has 1 fully saturated rings. The van der Waals surface area contributed by atoms with Crippen LogP contribution in [0.15, 0.2) is 42.5 Å². The first-order valence-electron chi connectivity index (χ1n) is 8.07. The Kier molecular flexibility index (Phi) is 3.56. The summed E-state index contributed by atoms with van der Waals surface area (Å²) in [6.07, 6.45) is 1.65. The Labute approximate surface area is 140 Å². The highest BCUT2D eigenvalue weighted by Gasteiger charge is 2.52. The minimum absolute atomic E-state index is 0.0105. The van der Waals surface area contributed by atoms with E-state index in [9.17, 15) is 4.79 Å². The number of para-hydroxylation sites is 1. The second-order valence-electron chi connectivity index (χ2n) is 6.09. The van der Waals surface area contributed by atoms with Gasteiger partial charge in [0.1, 0.15) is 19.0 Å². The van der Waals surface area contributed by atoms with Gasteiger partial charge in [0.2, 0.25) is 5.91 Å². The number of methoxy groups -OCH3 is 1. The molecule has 0 aromatic heterocycles. The van der Waals surface area contributed by atoms with Crippen molar-refractivity contribution in [3.05, 3.63) is 48.0 Å². The third-order valence-electron chi connectivity index (χ3n) is 4.61. The molecule has 4 rings (SSSR count). The molecule has 5 nitrogen and oxygen atoms in total. The summed E-state index contributed by atoms with van der Waals surface area (Å²) >= 11 is 0. The number of ether oxygens (including phenoxy) is 3. The fourth-order valence-electron chi connectivity index (χ4n) is 3.16. The van der Waals surface area contributed by atoms with Gasteiger partial charge in [0.05, 0.1) is 12.5 Å². The average Bonchev–Trinajstić information content (AvgIpc) is 3.43. The van der Waals surface area contributed by atoms with Gasteiger partial charge in [-0.3, -0.25) is 4.79 Å². The Morgan fingerprint density at radius 3 is 2.58 bits per heavy atom. The van der Waals surface area contributed by atoms with Crippen molar-refractivity contribution in [3.63, 3.8) is 0 Å². The average molecular weight is 325 g/mol. The Balaban J connectivity index is 1.58. The van der Waals surface area contributed by atoms with Crippen molar-refractivity contribution in [2.24, 2.45) is 0 Å². The number of rotatable bonds is 4. The molecule has 0 radical (unpaired) electrons. The summed E-state index contributed by atoms with van der Waals surface area (Å²) < 4.78 is 16.5. The van der Waals surface area contributed by atoms with Crippen molar-refractivity contribution in [2.45, 2.75) is 18.3 Å². The first-order chi connectivity index (χ1) is 11.7. The molecule has 0 unspecified atom stereocenters. The lowest BCUT2D eigenvalue weighted by molar-refractivity contribution is -0.118. The van der Waals surface area contributed by atoms with E-state index in [0.717, 1.165) is 24.2 Å². The maximum atomic E-state index is 12.9. The van der Waals surface area contributed by atoms with Crippen LogP contribution in [0.4, 0.5) is 5.69 Å². The van der Waals surface area contributed by atoms with Gasteiger partial charge in [-0.2, -0.15) is 0 Å². The number of benzene rings is 2. The Morgan fingerprint density at radius 1 is 1.08 bits per heavy atom. The molecule has 2 aromatic carbocycles. The van der Waals surface area contributed by atoms with Crippen LogP contribution >= 0.6 is 0 Å². The first kappa shape index (κ1) is 14.9. The third-order valence-corrected chi connectivity index (χ3v) is 4.61. The van der Waals surface area contributed by atoms with Crippen LogP contribution in [-0.4, -0.2) is 26.2 Å². The van der Waals surface area contributed by atoms with E-state index in [-0.39, 0.29) is 5.91 Å². The van der Waals surface area contributed by atoms with Crippen molar-refractivity contribution in [3.8, 4) is 17.2 Å². The van der Waals surface area contributed by atoms with Crippen molar-refractivity contribution < 1.29 is 19.0 Å². The minimum atomic E-state index is -0.500. The molecule has 0 atom stereocenters. The summed E-state index contributed by atoms with van der Waals surface area (Å²) in [7, 11) is 1.63. The number of carbonyl (C=O) groups is 1. The zero-order chi connectivity index (χ0) is 16.6. The number of fused-ring (bicyclic) bond motifs is 1. The highest BCUT2D eigenvalue weighted by molar-refractivity contribution is 6.02. The molecule has 1 saturated carbocycles. The molecule has 1 aliphatic carbocycles. The van der Waals surface area contributed by atoms with E-state index >= 15 is 0 Å². The van der Waals surface area contributed by atoms with Gasteiger partial charge in [0.15, 0.2) is 11.5 Å². The van der Waals surface area contributed by atoms with Gasteiger partial charge < -0.3 is 19.5 Å². The lowest BCUT2D eigenvalue weighted by Gasteiger charge is -2.21. The highest BCUT2D eigenvalue weighted by atomic mass is 16.6. The Morgan fingerprint density at radius 2 is 1.83 bits per heavy atom. The number of nitrogens with one attached hydrogen (secondary N) is 1. The van der Waals surface area contributed by atoms with E-state index in [1.165, 1.54) is 0 Å². The molecule has 1 heterocycles. The summed E-state index contributed by atoms with van der Waals surface area (Å²) in [5.74, 6) is 2.13. The maximum absolute atomic E-state index is 12.9. The quantitative estimate of drug-likeness (QED) is 0.938. The van der Waals surface area contributed by atoms with Crippen LogP contribution in [0, 0.1) is 0 Å². The second-order valence-corrected chi connectivity index (χ2v) is 6.09. The van der Waals surface area contributed by atoms with Crippen LogP contribution in [0.5, 0.6) is 17.2 Å². The van der Waals surface area contributed by atoms with Gasteiger partial charge in [0.25, 0.3) is 0 Å². The molecule has 2 aromatic rings. The van der Waals surface area contributed by atoms with Gasteiger partial charge in [-0.15, -0.1) is 0 Å². The standard InChI is InChI=1S/C19H19NO4/c1-22-15-5-3-2-4-14(15)19(8-9-19)18(21)20-13-6-7-16-17(12-13)24-11-10-23-16/h2-7,12H,8-11H2,1H3,(H,20,21). The highest BCUT2D eigenvalue weighted by Crippen LogP contribution is 2.52. The lowest BCUT2D eigenvalue weighted by Crippen LogP contribution is -2.28. The number of carbonyl (C=O) groups excluding carboxylic acids is 1. The van der Waals surface area contributed by atoms with Crippen LogP contribution in [0.1, 0.15) is 18.4 Å². The molecule has 0 bridgehead atoms. The van der Waals surface area contributed by atoms with Gasteiger partial charge >= 0.3 is 0 Å². The monoisotopic (exact) mass is 325 g/mol. The fourth-order valence-corrected chi connectivity index (χ4v) is 3.16. The van der Waals surface area contributed by atoms with Crippen molar-refractivity contribution in [1.82, 2.24) is 0 Å². The van der Waals surface area contributed by atoms with Crippen LogP contribution < -0.4 is 19.5 Å². The van der Waals surface area contributed by atoms with Crippen molar-refractivity contribution in [1.29, 1.82) is 0 Å². The summed E-state index contributed by atoms with van der Waals surface area (Å²) in [4.78, 5) is 12.9. The molecule has 0 saturated heterocycles. The summed E-state index contributed by atoms with van der Waals surface area (Å²) in [5.41, 5.74) is 1.16. The first-order valence-corrected chi connectivity index (χ1v) is 8.07. The van der Waals surface area contributed by atoms with Crippen molar-refractivity contribution in [2.75, 3.05) is 25.6 Å². The molecule has 5 heteroatoms. The zero-order valence-electron chi connectivity index (χ0n) is 13.5. The largest absolute Gasteiger partial charge is 0.496 e. The second kappa shape index (κ2) is 5.74. The smallest absolute Gasteiger partial charge is 0.235 e. The minimum Gasteiger partial charge on any atom is -0.496 e. The Hall–Kier alpha value is -2.69. The summed E-state index contributed by atoms with van der Waals surface area (Å²) in [6, 6.07) is 13.2. The van der Waals surface area contributed by atoms with Gasteiger partial charge in [-0.05, 0) is 31.0 Å². The fraction of sp³-hybridized carbons (Fsp3) is 0.316. The van der Waals surface area contributed by atoms with E-state index in [0.29, 0.717) is 30.4 Å². The van der Waals surface area contributed by atoms with Crippen LogP contribution in [0.2, 0.25) is 0 Å². The maximum Gasteiger partial charge on any atom is 0.235 e. The SMILES string of the molecule is COc1ccccc1C1(C(=O)Nc2ccc3c(c2)OCCO3)CC1. The summed E-state index contributed by atoms with van der Waals surface area (Å²) in [5, 5.41) is 3.01. The van der Waals surface area contributed by atoms with E-state index in [4.69, 9.17) is 14.2 Å². The molecule has 124 valence electrons. The predicted octanol–water partition coefficient (Wildman–Crippen LogP) is 3.14. The van der Waals surface area contributed by atoms with E-state index in [1.807, 2.05) is 42.5 Å². The van der Waals surface area contributed by atoms with E-state index < -0.39 is 5.41 Å². The molecule has 1 amide bonds. The van der Waals surface area contributed by atoms with Crippen LogP contribution in [0.3, 0.4) is 0 Å². The zero-order valence-corrected chi connectivity index (χ0v) is 13.5. The van der Waals surface area contributed by atoms with Gasteiger partial charge in [-0.1, -0.05) is 18.2 Å². The van der Waals surface area contributed by atoms with E-state index in [2.05, 4.69) is 5.32 Å².